The molecule has 0 aromatic heterocycles. The zero-order chi connectivity index (χ0) is 9.80. The molecule has 3 heteroatoms. The minimum Gasteiger partial charge on any atom is -0.377 e. The van der Waals surface area contributed by atoms with E-state index in [1.807, 2.05) is 0 Å². The van der Waals surface area contributed by atoms with Gasteiger partial charge in [-0.3, -0.25) is 4.90 Å². The SMILES string of the molecule is CC1CN(C[C@@H]2CCCN2)CCCO1. The first-order valence-electron chi connectivity index (χ1n) is 5.92. The summed E-state index contributed by atoms with van der Waals surface area (Å²) in [6.07, 6.45) is 4.31. The van der Waals surface area contributed by atoms with E-state index in [4.69, 9.17) is 4.74 Å². The molecule has 0 spiro atoms. The number of nitrogens with zero attached hydrogens (tertiary/aromatic N) is 1. The fraction of sp³-hybridized carbons (Fsp3) is 1.00. The first-order chi connectivity index (χ1) is 6.84. The number of nitrogens with one attached hydrogen (secondary N) is 1. The maximum Gasteiger partial charge on any atom is 0.0673 e. The van der Waals surface area contributed by atoms with E-state index in [0.29, 0.717) is 6.10 Å². The number of hydrogen-bond donors (Lipinski definition) is 1. The largest absolute Gasteiger partial charge is 0.377 e. The van der Waals surface area contributed by atoms with Gasteiger partial charge in [0.15, 0.2) is 0 Å². The van der Waals surface area contributed by atoms with Crippen molar-refractivity contribution in [3.05, 3.63) is 0 Å². The zero-order valence-corrected chi connectivity index (χ0v) is 9.17. The first kappa shape index (κ1) is 10.4. The van der Waals surface area contributed by atoms with Gasteiger partial charge in [-0.05, 0) is 32.7 Å². The van der Waals surface area contributed by atoms with Crippen LogP contribution in [0.15, 0.2) is 0 Å². The average molecular weight is 198 g/mol. The predicted octanol–water partition coefficient (Wildman–Crippen LogP) is 0.849. The van der Waals surface area contributed by atoms with Gasteiger partial charge in [-0.15, -0.1) is 0 Å². The molecule has 0 saturated carbocycles. The summed E-state index contributed by atoms with van der Waals surface area (Å²) < 4.78 is 5.64. The van der Waals surface area contributed by atoms with Crippen LogP contribution in [0.4, 0.5) is 0 Å². The van der Waals surface area contributed by atoms with Gasteiger partial charge in [0, 0.05) is 32.3 Å². The monoisotopic (exact) mass is 198 g/mol. The van der Waals surface area contributed by atoms with Crippen LogP contribution in [-0.2, 0) is 4.74 Å². The highest BCUT2D eigenvalue weighted by atomic mass is 16.5. The molecule has 2 heterocycles. The molecule has 0 radical (unpaired) electrons. The molecule has 2 aliphatic rings. The van der Waals surface area contributed by atoms with Crippen LogP contribution in [0.1, 0.15) is 26.2 Å². The van der Waals surface area contributed by atoms with Crippen molar-refractivity contribution in [1.29, 1.82) is 0 Å². The fourth-order valence-electron chi connectivity index (χ4n) is 2.47. The number of hydrogen-bond acceptors (Lipinski definition) is 3. The molecule has 0 aliphatic carbocycles. The molecule has 0 amide bonds. The normalized spacial score (nSPS) is 35.8. The van der Waals surface area contributed by atoms with Crippen molar-refractivity contribution in [2.24, 2.45) is 0 Å². The molecule has 14 heavy (non-hydrogen) atoms. The van der Waals surface area contributed by atoms with E-state index in [9.17, 15) is 0 Å². The molecule has 2 rings (SSSR count). The van der Waals surface area contributed by atoms with Crippen LogP contribution in [-0.4, -0.2) is 49.8 Å². The van der Waals surface area contributed by atoms with Gasteiger partial charge in [-0.25, -0.2) is 0 Å². The van der Waals surface area contributed by atoms with Gasteiger partial charge in [0.1, 0.15) is 0 Å². The highest BCUT2D eigenvalue weighted by Gasteiger charge is 2.20. The molecule has 1 N–H and O–H groups in total. The van der Waals surface area contributed by atoms with Crippen molar-refractivity contribution in [3.8, 4) is 0 Å². The van der Waals surface area contributed by atoms with Gasteiger partial charge in [-0.1, -0.05) is 0 Å². The highest BCUT2D eigenvalue weighted by molar-refractivity contribution is 4.79. The summed E-state index contributed by atoms with van der Waals surface area (Å²) in [6.45, 7) is 7.87. The van der Waals surface area contributed by atoms with E-state index in [2.05, 4.69) is 17.1 Å². The Hall–Kier alpha value is -0.120. The lowest BCUT2D eigenvalue weighted by Gasteiger charge is -2.24. The van der Waals surface area contributed by atoms with Crippen LogP contribution in [0.25, 0.3) is 0 Å². The summed E-state index contributed by atoms with van der Waals surface area (Å²) in [6, 6.07) is 0.736. The van der Waals surface area contributed by atoms with Crippen LogP contribution >= 0.6 is 0 Å². The van der Waals surface area contributed by atoms with Gasteiger partial charge in [-0.2, -0.15) is 0 Å². The lowest BCUT2D eigenvalue weighted by molar-refractivity contribution is 0.0667. The third kappa shape index (κ3) is 2.94. The molecule has 1 unspecified atom stereocenters. The Bertz CT molecular complexity index is 169. The molecule has 3 nitrogen and oxygen atoms in total. The topological polar surface area (TPSA) is 24.5 Å². The quantitative estimate of drug-likeness (QED) is 0.712. The van der Waals surface area contributed by atoms with Crippen molar-refractivity contribution in [2.75, 3.05) is 32.8 Å². The van der Waals surface area contributed by atoms with Gasteiger partial charge in [0.25, 0.3) is 0 Å². The minimum atomic E-state index is 0.416. The van der Waals surface area contributed by atoms with E-state index in [-0.39, 0.29) is 0 Å². The van der Waals surface area contributed by atoms with E-state index in [1.165, 1.54) is 38.9 Å². The Morgan fingerprint density at radius 3 is 3.14 bits per heavy atom. The maximum atomic E-state index is 5.64. The van der Waals surface area contributed by atoms with Crippen LogP contribution in [0, 0.1) is 0 Å². The maximum absolute atomic E-state index is 5.64. The van der Waals surface area contributed by atoms with Crippen molar-refractivity contribution in [2.45, 2.75) is 38.3 Å². The molecule has 2 aliphatic heterocycles. The Kier molecular flexibility index (Phi) is 3.79. The van der Waals surface area contributed by atoms with Crippen LogP contribution in [0.3, 0.4) is 0 Å². The molecule has 2 atom stereocenters. The Morgan fingerprint density at radius 1 is 1.43 bits per heavy atom. The Morgan fingerprint density at radius 2 is 2.36 bits per heavy atom. The van der Waals surface area contributed by atoms with E-state index in [1.54, 1.807) is 0 Å². The summed E-state index contributed by atoms with van der Waals surface area (Å²) in [5.41, 5.74) is 0. The van der Waals surface area contributed by atoms with Crippen molar-refractivity contribution >= 4 is 0 Å². The van der Waals surface area contributed by atoms with Crippen LogP contribution in [0.2, 0.25) is 0 Å². The summed E-state index contributed by atoms with van der Waals surface area (Å²) in [4.78, 5) is 2.56. The molecular formula is C11H22N2O. The van der Waals surface area contributed by atoms with Gasteiger partial charge >= 0.3 is 0 Å². The summed E-state index contributed by atoms with van der Waals surface area (Å²) in [5.74, 6) is 0. The minimum absolute atomic E-state index is 0.416. The number of rotatable bonds is 2. The predicted molar refractivity (Wildman–Crippen MR) is 57.5 cm³/mol. The van der Waals surface area contributed by atoms with Crippen molar-refractivity contribution in [1.82, 2.24) is 10.2 Å². The molecule has 82 valence electrons. The lowest BCUT2D eigenvalue weighted by atomic mass is 10.2. The molecule has 0 aromatic rings. The number of ether oxygens (including phenoxy) is 1. The second kappa shape index (κ2) is 5.10. The standard InChI is InChI=1S/C11H22N2O/c1-10-8-13(6-3-7-14-10)9-11-4-2-5-12-11/h10-12H,2-9H2,1H3/t10?,11-/m0/s1. The molecule has 2 fully saturated rings. The zero-order valence-electron chi connectivity index (χ0n) is 9.17. The average Bonchev–Trinajstić information content (AvgIpc) is 2.56. The van der Waals surface area contributed by atoms with E-state index in [0.717, 1.165) is 19.2 Å². The molecular weight excluding hydrogens is 176 g/mol. The van der Waals surface area contributed by atoms with Gasteiger partial charge in [0.05, 0.1) is 6.10 Å². The molecule has 0 aromatic carbocycles. The van der Waals surface area contributed by atoms with E-state index >= 15 is 0 Å². The fourth-order valence-corrected chi connectivity index (χ4v) is 2.47. The molecule has 0 bridgehead atoms. The Balaban J connectivity index is 1.77. The summed E-state index contributed by atoms with van der Waals surface area (Å²) >= 11 is 0. The van der Waals surface area contributed by atoms with Crippen LogP contribution in [0.5, 0.6) is 0 Å². The second-order valence-corrected chi connectivity index (χ2v) is 4.59. The van der Waals surface area contributed by atoms with Gasteiger partial charge < -0.3 is 10.1 Å². The van der Waals surface area contributed by atoms with Crippen LogP contribution < -0.4 is 5.32 Å². The van der Waals surface area contributed by atoms with E-state index < -0.39 is 0 Å². The van der Waals surface area contributed by atoms with Gasteiger partial charge in [0.2, 0.25) is 0 Å². The third-order valence-electron chi connectivity index (χ3n) is 3.18. The Labute approximate surface area is 86.8 Å². The second-order valence-electron chi connectivity index (χ2n) is 4.59. The smallest absolute Gasteiger partial charge is 0.0673 e. The molecule has 2 saturated heterocycles. The summed E-state index contributed by atoms with van der Waals surface area (Å²) in [5, 5.41) is 3.56. The van der Waals surface area contributed by atoms with Crippen molar-refractivity contribution < 1.29 is 4.74 Å². The first-order valence-corrected chi connectivity index (χ1v) is 5.92. The lowest BCUT2D eigenvalue weighted by Crippen LogP contribution is -2.40. The highest BCUT2D eigenvalue weighted by Crippen LogP contribution is 2.10. The van der Waals surface area contributed by atoms with Crippen molar-refractivity contribution in [3.63, 3.8) is 0 Å². The third-order valence-corrected chi connectivity index (χ3v) is 3.18. The summed E-state index contributed by atoms with van der Waals surface area (Å²) in [7, 11) is 0.